The van der Waals surface area contributed by atoms with Crippen LogP contribution in [-0.4, -0.2) is 43.9 Å². The van der Waals surface area contributed by atoms with Crippen molar-refractivity contribution in [3.05, 3.63) is 17.5 Å². The summed E-state index contributed by atoms with van der Waals surface area (Å²) in [6, 6.07) is 3.49. The minimum atomic E-state index is -3.59. The molecule has 2 saturated heterocycles. The van der Waals surface area contributed by atoms with Gasteiger partial charge in [0.1, 0.15) is 16.7 Å². The quantitative estimate of drug-likeness (QED) is 0.807. The molecule has 2 fully saturated rings. The first-order chi connectivity index (χ1) is 12.5. The Morgan fingerprint density at radius 3 is 2.42 bits per heavy atom. The second-order valence-corrected chi connectivity index (χ2v) is 8.53. The fraction of sp³-hybridized carbons (Fsp3) is 0.529. The summed E-state index contributed by atoms with van der Waals surface area (Å²) in [6.45, 7) is 4.30. The lowest BCUT2D eigenvalue weighted by Gasteiger charge is -2.14. The van der Waals surface area contributed by atoms with Crippen LogP contribution in [0.25, 0.3) is 11.7 Å². The topological polar surface area (TPSA) is 104 Å². The van der Waals surface area contributed by atoms with Gasteiger partial charge < -0.3 is 13.7 Å². The van der Waals surface area contributed by atoms with Crippen LogP contribution in [0, 0.1) is 18.3 Å². The lowest BCUT2D eigenvalue weighted by atomic mass is 10.4. The summed E-state index contributed by atoms with van der Waals surface area (Å²) in [4.78, 5) is 6.32. The number of aromatic nitrogens is 1. The normalized spacial score (nSPS) is 18.5. The highest BCUT2D eigenvalue weighted by Crippen LogP contribution is 2.34. The number of anilines is 1. The molecule has 2 aromatic heterocycles. The van der Waals surface area contributed by atoms with E-state index in [0.29, 0.717) is 24.7 Å². The molecule has 0 unspecified atom stereocenters. The molecule has 0 aromatic carbocycles. The first-order valence-electron chi connectivity index (χ1n) is 8.77. The van der Waals surface area contributed by atoms with Crippen molar-refractivity contribution in [2.45, 2.75) is 37.5 Å². The number of aryl methyl sites for hydroxylation is 1. The molecule has 26 heavy (non-hydrogen) atoms. The minimum Gasteiger partial charge on any atom is -0.455 e. The molecule has 0 bridgehead atoms. The van der Waals surface area contributed by atoms with E-state index in [1.54, 1.807) is 6.92 Å². The summed E-state index contributed by atoms with van der Waals surface area (Å²) < 4.78 is 38.5. The third-order valence-corrected chi connectivity index (χ3v) is 6.88. The van der Waals surface area contributed by atoms with Crippen molar-refractivity contribution in [3.8, 4) is 17.7 Å². The van der Waals surface area contributed by atoms with Crippen molar-refractivity contribution >= 4 is 15.9 Å². The summed E-state index contributed by atoms with van der Waals surface area (Å²) >= 11 is 0. The van der Waals surface area contributed by atoms with Crippen molar-refractivity contribution in [2.75, 3.05) is 31.1 Å². The third-order valence-electron chi connectivity index (χ3n) is 4.87. The van der Waals surface area contributed by atoms with Gasteiger partial charge in [-0.15, -0.1) is 0 Å². The summed E-state index contributed by atoms with van der Waals surface area (Å²) in [7, 11) is -3.59. The Bertz CT molecular complexity index is 958. The van der Waals surface area contributed by atoms with Crippen LogP contribution in [0.5, 0.6) is 0 Å². The van der Waals surface area contributed by atoms with Crippen LogP contribution in [0.3, 0.4) is 0 Å². The fourth-order valence-corrected chi connectivity index (χ4v) is 5.20. The number of sulfonamides is 1. The van der Waals surface area contributed by atoms with Crippen molar-refractivity contribution in [3.63, 3.8) is 0 Å². The molecule has 9 heteroatoms. The highest BCUT2D eigenvalue weighted by atomic mass is 32.2. The molecule has 0 aliphatic carbocycles. The molecule has 0 N–H and O–H groups in total. The van der Waals surface area contributed by atoms with Crippen LogP contribution >= 0.6 is 0 Å². The Morgan fingerprint density at radius 2 is 1.77 bits per heavy atom. The molecule has 0 amide bonds. The molecule has 4 heterocycles. The van der Waals surface area contributed by atoms with E-state index in [9.17, 15) is 13.7 Å². The second-order valence-electron chi connectivity index (χ2n) is 6.62. The molecule has 0 saturated carbocycles. The van der Waals surface area contributed by atoms with Crippen molar-refractivity contribution < 1.29 is 17.3 Å². The van der Waals surface area contributed by atoms with Gasteiger partial charge in [0.2, 0.25) is 21.6 Å². The molecule has 2 aromatic rings. The zero-order valence-electron chi connectivity index (χ0n) is 14.6. The molecular weight excluding hydrogens is 356 g/mol. The average Bonchev–Trinajstić information content (AvgIpc) is 3.38. The maximum Gasteiger partial charge on any atom is 0.266 e. The van der Waals surface area contributed by atoms with Crippen molar-refractivity contribution in [1.82, 2.24) is 9.29 Å². The number of nitrogens with zero attached hydrogens (tertiary/aromatic N) is 4. The molecule has 4 rings (SSSR count). The van der Waals surface area contributed by atoms with E-state index in [4.69, 9.17) is 8.83 Å². The van der Waals surface area contributed by atoms with Crippen LogP contribution in [0.1, 0.15) is 37.1 Å². The summed E-state index contributed by atoms with van der Waals surface area (Å²) in [5.41, 5.74) is 0.194. The second kappa shape index (κ2) is 6.45. The molecule has 0 atom stereocenters. The maximum atomic E-state index is 12.8. The molecule has 2 aliphatic heterocycles. The van der Waals surface area contributed by atoms with Gasteiger partial charge in [-0.2, -0.15) is 14.6 Å². The van der Waals surface area contributed by atoms with Crippen LogP contribution in [0.2, 0.25) is 0 Å². The van der Waals surface area contributed by atoms with Gasteiger partial charge >= 0.3 is 0 Å². The molecule has 0 radical (unpaired) electrons. The smallest absolute Gasteiger partial charge is 0.266 e. The van der Waals surface area contributed by atoms with Crippen molar-refractivity contribution in [2.24, 2.45) is 0 Å². The van der Waals surface area contributed by atoms with Gasteiger partial charge in [0, 0.05) is 32.2 Å². The highest BCUT2D eigenvalue weighted by molar-refractivity contribution is 7.89. The molecular formula is C17H20N4O4S. The predicted molar refractivity (Wildman–Crippen MR) is 93.1 cm³/mol. The third kappa shape index (κ3) is 2.79. The SMILES string of the molecule is Cc1oc(-c2nc(C#N)c(N3CCCC3)o2)cc1S(=O)(=O)N1CCCC1. The van der Waals surface area contributed by atoms with Crippen LogP contribution in [0.4, 0.5) is 5.88 Å². The maximum absolute atomic E-state index is 12.8. The van der Waals surface area contributed by atoms with Gasteiger partial charge in [-0.05, 0) is 32.6 Å². The van der Waals surface area contributed by atoms with E-state index in [1.807, 2.05) is 11.0 Å². The highest BCUT2D eigenvalue weighted by Gasteiger charge is 2.32. The standard InChI is InChI=1S/C17H20N4O4S/c1-12-15(26(22,23)21-8-4-5-9-21)10-14(24-12)16-19-13(11-18)17(25-16)20-6-2-3-7-20/h10H,2-9H2,1H3. The number of furan rings is 1. The molecule has 8 nitrogen and oxygen atoms in total. The molecule has 0 spiro atoms. The van der Waals surface area contributed by atoms with Crippen LogP contribution in [0.15, 0.2) is 19.8 Å². The Labute approximate surface area is 152 Å². The lowest BCUT2D eigenvalue weighted by molar-refractivity contribution is 0.469. The van der Waals surface area contributed by atoms with E-state index < -0.39 is 10.0 Å². The van der Waals surface area contributed by atoms with E-state index in [0.717, 1.165) is 38.8 Å². The first kappa shape index (κ1) is 17.1. The number of hydrogen-bond acceptors (Lipinski definition) is 7. The van der Waals surface area contributed by atoms with Gasteiger partial charge in [0.15, 0.2) is 5.76 Å². The van der Waals surface area contributed by atoms with Gasteiger partial charge in [0.05, 0.1) is 0 Å². The van der Waals surface area contributed by atoms with E-state index >= 15 is 0 Å². The van der Waals surface area contributed by atoms with Crippen LogP contribution in [-0.2, 0) is 10.0 Å². The average molecular weight is 376 g/mol. The van der Waals surface area contributed by atoms with E-state index in [1.165, 1.54) is 10.4 Å². The number of hydrogen-bond donors (Lipinski definition) is 0. The van der Waals surface area contributed by atoms with Gasteiger partial charge in [-0.25, -0.2) is 8.42 Å². The molecule has 138 valence electrons. The van der Waals surface area contributed by atoms with Gasteiger partial charge in [0.25, 0.3) is 5.89 Å². The zero-order valence-corrected chi connectivity index (χ0v) is 15.4. The van der Waals surface area contributed by atoms with Crippen molar-refractivity contribution in [1.29, 1.82) is 5.26 Å². The summed E-state index contributed by atoms with van der Waals surface area (Å²) in [6.07, 6.45) is 3.82. The largest absolute Gasteiger partial charge is 0.455 e. The molecule has 2 aliphatic rings. The summed E-state index contributed by atoms with van der Waals surface area (Å²) in [5, 5.41) is 9.34. The lowest BCUT2D eigenvalue weighted by Crippen LogP contribution is -2.27. The Hall–Kier alpha value is -2.31. The number of rotatable bonds is 4. The Balaban J connectivity index is 1.70. The van der Waals surface area contributed by atoms with E-state index in [2.05, 4.69) is 4.98 Å². The van der Waals surface area contributed by atoms with E-state index in [-0.39, 0.29) is 22.2 Å². The monoisotopic (exact) mass is 376 g/mol. The predicted octanol–water partition coefficient (Wildman–Crippen LogP) is 2.50. The van der Waals surface area contributed by atoms with Crippen LogP contribution < -0.4 is 4.90 Å². The first-order valence-corrected chi connectivity index (χ1v) is 10.2. The zero-order chi connectivity index (χ0) is 18.3. The fourth-order valence-electron chi connectivity index (χ4n) is 3.52. The number of oxazole rings is 1. The Kier molecular flexibility index (Phi) is 4.25. The summed E-state index contributed by atoms with van der Waals surface area (Å²) in [5.74, 6) is 1.08. The minimum absolute atomic E-state index is 0.133. The van der Waals surface area contributed by atoms with Gasteiger partial charge in [-0.3, -0.25) is 0 Å². The van der Waals surface area contributed by atoms with Gasteiger partial charge in [-0.1, -0.05) is 0 Å². The Morgan fingerprint density at radius 1 is 1.12 bits per heavy atom. The number of nitriles is 1.